The van der Waals surface area contributed by atoms with Gasteiger partial charge in [-0.25, -0.2) is 8.42 Å². The van der Waals surface area contributed by atoms with E-state index in [1.54, 1.807) is 0 Å². The van der Waals surface area contributed by atoms with E-state index in [-0.39, 0.29) is 27.8 Å². The molecule has 1 aliphatic carbocycles. The van der Waals surface area contributed by atoms with Crippen molar-refractivity contribution < 1.29 is 22.8 Å². The van der Waals surface area contributed by atoms with Gasteiger partial charge >= 0.3 is 0 Å². The summed E-state index contributed by atoms with van der Waals surface area (Å²) < 4.78 is 27.4. The predicted octanol–water partition coefficient (Wildman–Crippen LogP) is 2.50. The van der Waals surface area contributed by atoms with Crippen LogP contribution in [-0.4, -0.2) is 38.2 Å². The van der Waals surface area contributed by atoms with Crippen molar-refractivity contribution in [1.82, 2.24) is 10.0 Å². The molecular weight excluding hydrogens is 456 g/mol. The Balaban J connectivity index is 1.61. The SMILES string of the molecule is CC(=O)Nc1ccc(S(=O)(=O)N[C@@H](C)C(=O)Nc2ccc(C(=O)NC3CC3)c(Cl)c2)cc1. The third-order valence-corrected chi connectivity index (χ3v) is 6.47. The molecular formula is C21H23ClN4O5S. The van der Waals surface area contributed by atoms with Gasteiger partial charge in [-0.3, -0.25) is 14.4 Å². The van der Waals surface area contributed by atoms with Crippen LogP contribution in [-0.2, 0) is 19.6 Å². The molecule has 1 atom stereocenters. The zero-order valence-electron chi connectivity index (χ0n) is 17.4. The first-order valence-electron chi connectivity index (χ1n) is 9.86. The molecule has 0 aromatic heterocycles. The van der Waals surface area contributed by atoms with E-state index >= 15 is 0 Å². The lowest BCUT2D eigenvalue weighted by Gasteiger charge is -2.15. The summed E-state index contributed by atoms with van der Waals surface area (Å²) in [5, 5.41) is 8.13. The normalized spacial score (nSPS) is 14.3. The standard InChI is InChI=1S/C21H23ClN4O5S/c1-12(26-32(30,31)17-8-5-14(6-9-17)23-13(2)27)20(28)25-16-7-10-18(19(22)11-16)21(29)24-15-3-4-15/h5-12,15,26H,3-4H2,1-2H3,(H,23,27)(H,24,29)(H,25,28)/t12-/m0/s1. The average Bonchev–Trinajstić information content (AvgIpc) is 3.51. The van der Waals surface area contributed by atoms with E-state index in [9.17, 15) is 22.8 Å². The number of hydrogen-bond acceptors (Lipinski definition) is 5. The Morgan fingerprint density at radius 1 is 1.00 bits per heavy atom. The fourth-order valence-electron chi connectivity index (χ4n) is 2.79. The van der Waals surface area contributed by atoms with Gasteiger partial charge in [0.2, 0.25) is 21.8 Å². The number of benzene rings is 2. The molecule has 2 aromatic rings. The molecule has 0 saturated heterocycles. The molecule has 0 heterocycles. The maximum atomic E-state index is 12.6. The Morgan fingerprint density at radius 2 is 1.62 bits per heavy atom. The lowest BCUT2D eigenvalue weighted by Crippen LogP contribution is -2.41. The fourth-order valence-corrected chi connectivity index (χ4v) is 4.26. The number of carbonyl (C=O) groups excluding carboxylic acids is 3. The van der Waals surface area contributed by atoms with Crippen LogP contribution in [0.2, 0.25) is 5.02 Å². The first kappa shape index (κ1) is 23.7. The van der Waals surface area contributed by atoms with Gasteiger partial charge in [-0.05, 0) is 62.2 Å². The van der Waals surface area contributed by atoms with Crippen LogP contribution in [0.3, 0.4) is 0 Å². The van der Waals surface area contributed by atoms with E-state index in [0.29, 0.717) is 16.9 Å². The third kappa shape index (κ3) is 6.28. The van der Waals surface area contributed by atoms with E-state index in [2.05, 4.69) is 20.7 Å². The van der Waals surface area contributed by atoms with Gasteiger partial charge in [-0.2, -0.15) is 4.72 Å². The van der Waals surface area contributed by atoms with Gasteiger partial charge in [0, 0.05) is 24.3 Å². The Labute approximate surface area is 191 Å². The third-order valence-electron chi connectivity index (χ3n) is 4.60. The van der Waals surface area contributed by atoms with Crippen molar-refractivity contribution in [2.45, 2.75) is 43.7 Å². The van der Waals surface area contributed by atoms with E-state index in [1.165, 1.54) is 56.3 Å². The molecule has 4 N–H and O–H groups in total. The van der Waals surface area contributed by atoms with Crippen molar-refractivity contribution in [1.29, 1.82) is 0 Å². The Morgan fingerprint density at radius 3 is 2.19 bits per heavy atom. The summed E-state index contributed by atoms with van der Waals surface area (Å²) in [7, 11) is -3.98. The van der Waals surface area contributed by atoms with Gasteiger partial charge in [0.1, 0.15) is 0 Å². The zero-order valence-corrected chi connectivity index (χ0v) is 19.0. The molecule has 3 amide bonds. The van der Waals surface area contributed by atoms with E-state index in [0.717, 1.165) is 12.8 Å². The summed E-state index contributed by atoms with van der Waals surface area (Å²) in [5.41, 5.74) is 1.08. The number of sulfonamides is 1. The molecule has 0 bridgehead atoms. The van der Waals surface area contributed by atoms with Gasteiger partial charge in [0.25, 0.3) is 5.91 Å². The highest BCUT2D eigenvalue weighted by Gasteiger charge is 2.25. The second-order valence-corrected chi connectivity index (χ2v) is 9.60. The van der Waals surface area contributed by atoms with Crippen LogP contribution in [0.15, 0.2) is 47.4 Å². The van der Waals surface area contributed by atoms with Crippen molar-refractivity contribution in [2.75, 3.05) is 10.6 Å². The highest BCUT2D eigenvalue weighted by molar-refractivity contribution is 7.89. The minimum atomic E-state index is -3.98. The molecule has 32 heavy (non-hydrogen) atoms. The Kier molecular flexibility index (Phi) is 7.17. The van der Waals surface area contributed by atoms with Gasteiger partial charge in [-0.15, -0.1) is 0 Å². The van der Waals surface area contributed by atoms with Gasteiger partial charge in [0.15, 0.2) is 0 Å². The van der Waals surface area contributed by atoms with Crippen LogP contribution in [0.1, 0.15) is 37.0 Å². The Hall–Kier alpha value is -2.95. The number of hydrogen-bond donors (Lipinski definition) is 4. The van der Waals surface area contributed by atoms with E-state index in [4.69, 9.17) is 11.6 Å². The largest absolute Gasteiger partial charge is 0.349 e. The maximum absolute atomic E-state index is 12.6. The van der Waals surface area contributed by atoms with Crippen molar-refractivity contribution in [2.24, 2.45) is 0 Å². The van der Waals surface area contributed by atoms with Crippen LogP contribution in [0, 0.1) is 0 Å². The number of anilines is 2. The quantitative estimate of drug-likeness (QED) is 0.462. The predicted molar refractivity (Wildman–Crippen MR) is 121 cm³/mol. The molecule has 0 aliphatic heterocycles. The lowest BCUT2D eigenvalue weighted by atomic mass is 10.2. The van der Waals surface area contributed by atoms with Crippen LogP contribution in [0.25, 0.3) is 0 Å². The van der Waals surface area contributed by atoms with Crippen molar-refractivity contribution in [3.63, 3.8) is 0 Å². The first-order chi connectivity index (χ1) is 15.0. The molecule has 1 saturated carbocycles. The highest BCUT2D eigenvalue weighted by atomic mass is 35.5. The number of nitrogens with one attached hydrogen (secondary N) is 4. The van der Waals surface area contributed by atoms with Crippen LogP contribution >= 0.6 is 11.6 Å². The molecule has 11 heteroatoms. The summed E-state index contributed by atoms with van der Waals surface area (Å²) in [6.45, 7) is 2.74. The van der Waals surface area contributed by atoms with E-state index < -0.39 is 22.0 Å². The van der Waals surface area contributed by atoms with Gasteiger partial charge < -0.3 is 16.0 Å². The fraction of sp³-hybridized carbons (Fsp3) is 0.286. The number of carbonyl (C=O) groups is 3. The van der Waals surface area contributed by atoms with Crippen molar-refractivity contribution in [3.05, 3.63) is 53.1 Å². The number of amides is 3. The summed E-state index contributed by atoms with van der Waals surface area (Å²) >= 11 is 6.17. The van der Waals surface area contributed by atoms with E-state index in [1.807, 2.05) is 0 Å². The second kappa shape index (κ2) is 9.68. The zero-order chi connectivity index (χ0) is 23.5. The Bertz CT molecular complexity index is 1150. The minimum absolute atomic E-state index is 0.0553. The molecule has 2 aromatic carbocycles. The minimum Gasteiger partial charge on any atom is -0.349 e. The smallest absolute Gasteiger partial charge is 0.253 e. The molecule has 0 spiro atoms. The molecule has 170 valence electrons. The van der Waals surface area contributed by atoms with Crippen LogP contribution in [0.5, 0.6) is 0 Å². The van der Waals surface area contributed by atoms with Crippen LogP contribution in [0.4, 0.5) is 11.4 Å². The molecule has 1 aliphatic rings. The second-order valence-electron chi connectivity index (χ2n) is 7.48. The highest BCUT2D eigenvalue weighted by Crippen LogP contribution is 2.24. The topological polar surface area (TPSA) is 133 Å². The summed E-state index contributed by atoms with van der Waals surface area (Å²) in [5.74, 6) is -1.16. The van der Waals surface area contributed by atoms with Gasteiger partial charge in [0.05, 0.1) is 21.5 Å². The monoisotopic (exact) mass is 478 g/mol. The lowest BCUT2D eigenvalue weighted by molar-refractivity contribution is -0.117. The average molecular weight is 479 g/mol. The van der Waals surface area contributed by atoms with Crippen LogP contribution < -0.4 is 20.7 Å². The van der Waals surface area contributed by atoms with Gasteiger partial charge in [-0.1, -0.05) is 11.6 Å². The molecule has 0 radical (unpaired) electrons. The molecule has 0 unspecified atom stereocenters. The molecule has 3 rings (SSSR count). The molecule has 9 nitrogen and oxygen atoms in total. The summed E-state index contributed by atoms with van der Waals surface area (Å²) in [6.07, 6.45) is 1.90. The first-order valence-corrected chi connectivity index (χ1v) is 11.7. The van der Waals surface area contributed by atoms with Crippen molar-refractivity contribution >= 4 is 50.7 Å². The molecule has 1 fully saturated rings. The summed E-state index contributed by atoms with van der Waals surface area (Å²) in [4.78, 5) is 35.6. The maximum Gasteiger partial charge on any atom is 0.253 e. The number of halogens is 1. The summed E-state index contributed by atoms with van der Waals surface area (Å²) in [6, 6.07) is 9.10. The van der Waals surface area contributed by atoms with Crippen molar-refractivity contribution in [3.8, 4) is 0 Å². The number of rotatable bonds is 8.